The number of Topliss-reactive ketones (excluding diaryl/α,β-unsaturated/α-hetero) is 2. The van der Waals surface area contributed by atoms with Gasteiger partial charge in [0, 0.05) is 11.1 Å². The third kappa shape index (κ3) is 3.65. The summed E-state index contributed by atoms with van der Waals surface area (Å²) in [6.45, 7) is 0. The van der Waals surface area contributed by atoms with Gasteiger partial charge < -0.3 is 0 Å². The van der Waals surface area contributed by atoms with Gasteiger partial charge in [-0.15, -0.1) is 0 Å². The zero-order valence-corrected chi connectivity index (χ0v) is 15.0. The molecular formula is C25H20O2. The van der Waals surface area contributed by atoms with E-state index in [1.54, 1.807) is 24.3 Å². The summed E-state index contributed by atoms with van der Waals surface area (Å²) in [5, 5.41) is 0. The maximum absolute atomic E-state index is 13.2. The molecular weight excluding hydrogens is 332 g/mol. The molecule has 1 aliphatic carbocycles. The summed E-state index contributed by atoms with van der Waals surface area (Å²) < 4.78 is 0. The molecule has 4 rings (SSSR count). The van der Waals surface area contributed by atoms with Crippen molar-refractivity contribution in [3.63, 3.8) is 0 Å². The van der Waals surface area contributed by atoms with Gasteiger partial charge in [-0.25, -0.2) is 0 Å². The minimum absolute atomic E-state index is 0.110. The van der Waals surface area contributed by atoms with E-state index >= 15 is 0 Å². The maximum Gasteiger partial charge on any atom is 0.174 e. The third-order valence-electron chi connectivity index (χ3n) is 5.05. The minimum Gasteiger partial charge on any atom is -0.293 e. The Morgan fingerprint density at radius 2 is 1.22 bits per heavy atom. The van der Waals surface area contributed by atoms with Crippen LogP contribution >= 0.6 is 0 Å². The summed E-state index contributed by atoms with van der Waals surface area (Å²) in [6, 6.07) is 26.4. The molecule has 0 bridgehead atoms. The lowest BCUT2D eigenvalue weighted by Crippen LogP contribution is -2.25. The predicted molar refractivity (Wildman–Crippen MR) is 108 cm³/mol. The van der Waals surface area contributed by atoms with E-state index in [9.17, 15) is 9.59 Å². The zero-order chi connectivity index (χ0) is 18.6. The van der Waals surface area contributed by atoms with E-state index in [0.29, 0.717) is 17.5 Å². The first kappa shape index (κ1) is 17.2. The van der Waals surface area contributed by atoms with Crippen LogP contribution in [0.1, 0.15) is 38.3 Å². The number of rotatable bonds is 6. The second kappa shape index (κ2) is 7.55. The predicted octanol–water partition coefficient (Wildman–Crippen LogP) is 5.40. The van der Waals surface area contributed by atoms with Crippen LogP contribution in [0.25, 0.3) is 6.08 Å². The van der Waals surface area contributed by atoms with Crippen LogP contribution in [0.4, 0.5) is 0 Å². The molecule has 2 nitrogen and oxygen atoms in total. The molecule has 2 heteroatoms. The summed E-state index contributed by atoms with van der Waals surface area (Å²) in [5.41, 5.74) is 4.75. The van der Waals surface area contributed by atoms with Gasteiger partial charge in [0.05, 0.1) is 5.92 Å². The van der Waals surface area contributed by atoms with E-state index in [-0.39, 0.29) is 11.6 Å². The van der Waals surface area contributed by atoms with Crippen molar-refractivity contribution in [3.8, 4) is 0 Å². The molecule has 3 aromatic rings. The molecule has 27 heavy (non-hydrogen) atoms. The average Bonchev–Trinajstić information content (AvgIpc) is 3.15. The van der Waals surface area contributed by atoms with Crippen LogP contribution in [-0.4, -0.2) is 11.6 Å². The van der Waals surface area contributed by atoms with Crippen LogP contribution in [0, 0.1) is 5.92 Å². The Morgan fingerprint density at radius 3 is 1.78 bits per heavy atom. The smallest absolute Gasteiger partial charge is 0.174 e. The summed E-state index contributed by atoms with van der Waals surface area (Å²) >= 11 is 0. The van der Waals surface area contributed by atoms with Gasteiger partial charge in [0.25, 0.3) is 0 Å². The molecule has 0 spiro atoms. The SMILES string of the molecule is O=C(c1ccccc1)C(CC1=Cc2ccccc2C1)C(=O)c1ccccc1. The third-order valence-corrected chi connectivity index (χ3v) is 5.05. The number of hydrogen-bond donors (Lipinski definition) is 0. The van der Waals surface area contributed by atoms with Gasteiger partial charge in [-0.05, 0) is 24.0 Å². The van der Waals surface area contributed by atoms with Crippen molar-refractivity contribution in [1.29, 1.82) is 0 Å². The Kier molecular flexibility index (Phi) is 4.80. The molecule has 1 aliphatic rings. The van der Waals surface area contributed by atoms with Crippen LogP contribution in [-0.2, 0) is 6.42 Å². The van der Waals surface area contributed by atoms with Gasteiger partial charge in [0.2, 0.25) is 0 Å². The first-order chi connectivity index (χ1) is 13.2. The zero-order valence-electron chi connectivity index (χ0n) is 15.0. The molecule has 0 saturated heterocycles. The Morgan fingerprint density at radius 1 is 0.704 bits per heavy atom. The fraction of sp³-hybridized carbons (Fsp3) is 0.120. The molecule has 0 amide bonds. The Labute approximate surface area is 159 Å². The van der Waals surface area contributed by atoms with Crippen LogP contribution in [0.5, 0.6) is 0 Å². The molecule has 0 aromatic heterocycles. The van der Waals surface area contributed by atoms with Crippen molar-refractivity contribution >= 4 is 17.6 Å². The van der Waals surface area contributed by atoms with Crippen molar-refractivity contribution in [1.82, 2.24) is 0 Å². The summed E-state index contributed by atoms with van der Waals surface area (Å²) in [4.78, 5) is 26.3. The fourth-order valence-electron chi connectivity index (χ4n) is 3.66. The summed E-state index contributed by atoms with van der Waals surface area (Å²) in [7, 11) is 0. The standard InChI is InChI=1S/C25H20O2/c26-24(19-9-3-1-4-10-19)23(25(27)20-11-5-2-6-12-20)17-18-15-21-13-7-8-14-22(21)16-18/h1-15,23H,16-17H2. The Bertz CT molecular complexity index is 949. The quantitative estimate of drug-likeness (QED) is 0.440. The Balaban J connectivity index is 1.65. The van der Waals surface area contributed by atoms with Crippen LogP contribution in [0.3, 0.4) is 0 Å². The average molecular weight is 352 g/mol. The van der Waals surface area contributed by atoms with Crippen molar-refractivity contribution in [2.45, 2.75) is 12.8 Å². The number of fused-ring (bicyclic) bond motifs is 1. The first-order valence-electron chi connectivity index (χ1n) is 9.18. The van der Waals surface area contributed by atoms with Crippen molar-refractivity contribution in [2.24, 2.45) is 5.92 Å². The number of allylic oxidation sites excluding steroid dienone is 1. The maximum atomic E-state index is 13.2. The highest BCUT2D eigenvalue weighted by atomic mass is 16.2. The molecule has 0 saturated carbocycles. The number of carbonyl (C=O) groups is 2. The Hall–Kier alpha value is -3.26. The number of carbonyl (C=O) groups excluding carboxylic acids is 2. The molecule has 0 fully saturated rings. The van der Waals surface area contributed by atoms with E-state index in [1.165, 1.54) is 11.1 Å². The van der Waals surface area contributed by atoms with Gasteiger partial charge in [-0.3, -0.25) is 9.59 Å². The lowest BCUT2D eigenvalue weighted by Gasteiger charge is -2.16. The fourth-order valence-corrected chi connectivity index (χ4v) is 3.66. The van der Waals surface area contributed by atoms with Crippen LogP contribution in [0.15, 0.2) is 90.5 Å². The number of ketones is 2. The van der Waals surface area contributed by atoms with Gasteiger partial charge >= 0.3 is 0 Å². The molecule has 0 radical (unpaired) electrons. The molecule has 0 N–H and O–H groups in total. The first-order valence-corrected chi connectivity index (χ1v) is 9.18. The number of hydrogen-bond acceptors (Lipinski definition) is 2. The molecule has 0 atom stereocenters. The molecule has 132 valence electrons. The molecule has 0 unspecified atom stereocenters. The lowest BCUT2D eigenvalue weighted by molar-refractivity contribution is 0.0806. The lowest BCUT2D eigenvalue weighted by atomic mass is 9.84. The van der Waals surface area contributed by atoms with Crippen LogP contribution < -0.4 is 0 Å². The van der Waals surface area contributed by atoms with Gasteiger partial charge in [-0.2, -0.15) is 0 Å². The molecule has 0 aliphatic heterocycles. The van der Waals surface area contributed by atoms with E-state index in [1.807, 2.05) is 48.5 Å². The second-order valence-electron chi connectivity index (χ2n) is 6.90. The highest BCUT2D eigenvalue weighted by Gasteiger charge is 2.30. The summed E-state index contributed by atoms with van der Waals surface area (Å²) in [5.74, 6) is -0.919. The van der Waals surface area contributed by atoms with Gasteiger partial charge in [-0.1, -0.05) is 96.6 Å². The minimum atomic E-state index is -0.699. The van der Waals surface area contributed by atoms with Crippen molar-refractivity contribution in [3.05, 3.63) is 113 Å². The van der Waals surface area contributed by atoms with E-state index in [0.717, 1.165) is 12.0 Å². The molecule has 3 aromatic carbocycles. The number of benzene rings is 3. The second-order valence-corrected chi connectivity index (χ2v) is 6.90. The summed E-state index contributed by atoms with van der Waals surface area (Å²) in [6.07, 6.45) is 3.38. The van der Waals surface area contributed by atoms with E-state index in [2.05, 4.69) is 18.2 Å². The van der Waals surface area contributed by atoms with Crippen molar-refractivity contribution < 1.29 is 9.59 Å². The molecule has 0 heterocycles. The highest BCUT2D eigenvalue weighted by molar-refractivity contribution is 6.16. The monoisotopic (exact) mass is 352 g/mol. The van der Waals surface area contributed by atoms with Crippen molar-refractivity contribution in [2.75, 3.05) is 0 Å². The highest BCUT2D eigenvalue weighted by Crippen LogP contribution is 2.31. The van der Waals surface area contributed by atoms with Gasteiger partial charge in [0.1, 0.15) is 0 Å². The topological polar surface area (TPSA) is 34.1 Å². The van der Waals surface area contributed by atoms with Gasteiger partial charge in [0.15, 0.2) is 11.6 Å². The van der Waals surface area contributed by atoms with E-state index < -0.39 is 5.92 Å². The van der Waals surface area contributed by atoms with Crippen LogP contribution in [0.2, 0.25) is 0 Å². The normalized spacial score (nSPS) is 12.6. The largest absolute Gasteiger partial charge is 0.293 e. The van der Waals surface area contributed by atoms with E-state index in [4.69, 9.17) is 0 Å².